The summed E-state index contributed by atoms with van der Waals surface area (Å²) in [6.45, 7) is 2.32. The van der Waals surface area contributed by atoms with Gasteiger partial charge >= 0.3 is 5.97 Å². The minimum atomic E-state index is -3.56. The van der Waals surface area contributed by atoms with Crippen LogP contribution in [0.1, 0.15) is 13.8 Å². The molecule has 0 amide bonds. The van der Waals surface area contributed by atoms with Crippen LogP contribution in [0, 0.1) is 0 Å². The Morgan fingerprint density at radius 1 is 1.27 bits per heavy atom. The number of hydrogen-bond acceptors (Lipinski definition) is 5. The number of ether oxygens (including phenoxy) is 1. The van der Waals surface area contributed by atoms with E-state index in [1.807, 2.05) is 0 Å². The Morgan fingerprint density at radius 2 is 1.80 bits per heavy atom. The molecule has 0 aliphatic heterocycles. The molecule has 0 bridgehead atoms. The van der Waals surface area contributed by atoms with Gasteiger partial charge in [0.1, 0.15) is 12.3 Å². The second kappa shape index (κ2) is 5.82. The molecule has 0 aromatic rings. The van der Waals surface area contributed by atoms with E-state index >= 15 is 0 Å². The zero-order valence-electron chi connectivity index (χ0n) is 9.02. The molecule has 6 nitrogen and oxygen atoms in total. The fraction of sp³-hybridized carbons (Fsp3) is 0.750. The Bertz CT molecular complexity index is 335. The highest BCUT2D eigenvalue weighted by Crippen LogP contribution is 1.98. The summed E-state index contributed by atoms with van der Waals surface area (Å²) in [7, 11) is -3.56. The van der Waals surface area contributed by atoms with Crippen molar-refractivity contribution < 1.29 is 22.7 Å². The van der Waals surface area contributed by atoms with Crippen molar-refractivity contribution in [3.05, 3.63) is 0 Å². The molecule has 0 saturated heterocycles. The van der Waals surface area contributed by atoms with Crippen LogP contribution in [0.25, 0.3) is 0 Å². The fourth-order valence-electron chi connectivity index (χ4n) is 0.889. The first-order chi connectivity index (χ1) is 6.77. The minimum Gasteiger partial charge on any atom is -0.465 e. The third kappa shape index (κ3) is 6.19. The molecule has 0 aliphatic rings. The number of carbonyl (C=O) groups is 2. The van der Waals surface area contributed by atoms with Crippen molar-refractivity contribution in [1.29, 1.82) is 0 Å². The molecule has 0 N–H and O–H groups in total. The predicted octanol–water partition coefficient (Wildman–Crippen LogP) is -0.600. The molecule has 0 spiro atoms. The molecule has 0 saturated carbocycles. The zero-order chi connectivity index (χ0) is 12.1. The Hall–Kier alpha value is -0.950. The van der Waals surface area contributed by atoms with Crippen molar-refractivity contribution in [3.63, 3.8) is 0 Å². The van der Waals surface area contributed by atoms with Gasteiger partial charge in [-0.3, -0.25) is 9.59 Å². The molecule has 0 aromatic carbocycles. The second-order valence-electron chi connectivity index (χ2n) is 3.04. The van der Waals surface area contributed by atoms with Crippen LogP contribution in [0.2, 0.25) is 0 Å². The summed E-state index contributed by atoms with van der Waals surface area (Å²) >= 11 is 0. The maximum atomic E-state index is 11.2. The van der Waals surface area contributed by atoms with Crippen molar-refractivity contribution in [1.82, 2.24) is 4.31 Å². The van der Waals surface area contributed by atoms with Crippen LogP contribution in [-0.2, 0) is 24.3 Å². The summed E-state index contributed by atoms with van der Waals surface area (Å²) in [5, 5.41) is 0. The first-order valence-electron chi connectivity index (χ1n) is 4.37. The standard InChI is InChI=1S/C8H15NO5S/c1-4-14-8(11)6-9(5-7(2)10)15(3,12)13/h4-6H2,1-3H3. The summed E-state index contributed by atoms with van der Waals surface area (Å²) in [4.78, 5) is 21.8. The van der Waals surface area contributed by atoms with E-state index in [0.29, 0.717) is 0 Å². The molecule has 0 atom stereocenters. The SMILES string of the molecule is CCOC(=O)CN(CC(C)=O)S(C)(=O)=O. The van der Waals surface area contributed by atoms with Gasteiger partial charge in [0, 0.05) is 0 Å². The molecule has 7 heteroatoms. The number of Topliss-reactive ketones (excluding diaryl/α,β-unsaturated/α-hetero) is 1. The van der Waals surface area contributed by atoms with Gasteiger partial charge in [-0.1, -0.05) is 0 Å². The van der Waals surface area contributed by atoms with Crippen molar-refractivity contribution in [2.45, 2.75) is 13.8 Å². The Morgan fingerprint density at radius 3 is 2.13 bits per heavy atom. The number of sulfonamides is 1. The van der Waals surface area contributed by atoms with E-state index < -0.39 is 22.5 Å². The van der Waals surface area contributed by atoms with Crippen molar-refractivity contribution in [3.8, 4) is 0 Å². The van der Waals surface area contributed by atoms with Gasteiger partial charge in [0.2, 0.25) is 10.0 Å². The normalized spacial score (nSPS) is 11.5. The van der Waals surface area contributed by atoms with E-state index in [1.165, 1.54) is 6.92 Å². The summed E-state index contributed by atoms with van der Waals surface area (Å²) in [5.41, 5.74) is 0. The molecule has 0 unspecified atom stereocenters. The fourth-order valence-corrected chi connectivity index (χ4v) is 1.65. The topological polar surface area (TPSA) is 80.8 Å². The lowest BCUT2D eigenvalue weighted by molar-refractivity contribution is -0.143. The van der Waals surface area contributed by atoms with Crippen molar-refractivity contribution in [2.75, 3.05) is 26.0 Å². The number of nitrogens with zero attached hydrogens (tertiary/aromatic N) is 1. The van der Waals surface area contributed by atoms with Gasteiger partial charge in [-0.2, -0.15) is 4.31 Å². The number of rotatable bonds is 6. The van der Waals surface area contributed by atoms with Gasteiger partial charge in [-0.25, -0.2) is 8.42 Å². The van der Waals surface area contributed by atoms with Gasteiger partial charge in [0.25, 0.3) is 0 Å². The highest BCUT2D eigenvalue weighted by molar-refractivity contribution is 7.88. The van der Waals surface area contributed by atoms with Crippen LogP contribution in [0.5, 0.6) is 0 Å². The second-order valence-corrected chi connectivity index (χ2v) is 5.02. The molecule has 0 heterocycles. The summed E-state index contributed by atoms with van der Waals surface area (Å²) in [6, 6.07) is 0. The zero-order valence-corrected chi connectivity index (χ0v) is 9.83. The van der Waals surface area contributed by atoms with Crippen LogP contribution >= 0.6 is 0 Å². The molecule has 15 heavy (non-hydrogen) atoms. The van der Waals surface area contributed by atoms with Gasteiger partial charge in [-0.15, -0.1) is 0 Å². The van der Waals surface area contributed by atoms with Gasteiger partial charge < -0.3 is 4.74 Å². The number of carbonyl (C=O) groups excluding carboxylic acids is 2. The molecule has 0 aliphatic carbocycles. The van der Waals surface area contributed by atoms with Gasteiger partial charge in [0.15, 0.2) is 0 Å². The van der Waals surface area contributed by atoms with Crippen LogP contribution < -0.4 is 0 Å². The molecule has 0 rings (SSSR count). The van der Waals surface area contributed by atoms with Crippen LogP contribution in [-0.4, -0.2) is 50.4 Å². The highest BCUT2D eigenvalue weighted by atomic mass is 32.2. The van der Waals surface area contributed by atoms with E-state index in [9.17, 15) is 18.0 Å². The third-order valence-electron chi connectivity index (χ3n) is 1.48. The number of hydrogen-bond donors (Lipinski definition) is 0. The largest absolute Gasteiger partial charge is 0.465 e. The quantitative estimate of drug-likeness (QED) is 0.576. The lowest BCUT2D eigenvalue weighted by atomic mass is 10.4. The van der Waals surface area contributed by atoms with Gasteiger partial charge in [-0.05, 0) is 13.8 Å². The Balaban J connectivity index is 4.53. The Labute approximate surface area is 89.3 Å². The molecule has 0 aromatic heterocycles. The third-order valence-corrected chi connectivity index (χ3v) is 2.68. The molecular formula is C8H15NO5S. The molecule has 0 radical (unpaired) electrons. The van der Waals surface area contributed by atoms with Crippen LogP contribution in [0.4, 0.5) is 0 Å². The summed E-state index contributed by atoms with van der Waals surface area (Å²) in [5.74, 6) is -0.992. The van der Waals surface area contributed by atoms with Crippen LogP contribution in [0.3, 0.4) is 0 Å². The van der Waals surface area contributed by atoms with Gasteiger partial charge in [0.05, 0.1) is 19.4 Å². The van der Waals surface area contributed by atoms with E-state index in [2.05, 4.69) is 4.74 Å². The monoisotopic (exact) mass is 237 g/mol. The molecule has 88 valence electrons. The lowest BCUT2D eigenvalue weighted by Crippen LogP contribution is -2.38. The molecule has 0 fully saturated rings. The summed E-state index contributed by atoms with van der Waals surface area (Å²) < 4.78 is 27.7. The van der Waals surface area contributed by atoms with E-state index in [1.54, 1.807) is 6.92 Å². The average molecular weight is 237 g/mol. The van der Waals surface area contributed by atoms with E-state index in [4.69, 9.17) is 0 Å². The Kier molecular flexibility index (Phi) is 5.45. The maximum absolute atomic E-state index is 11.2. The maximum Gasteiger partial charge on any atom is 0.321 e. The van der Waals surface area contributed by atoms with Crippen molar-refractivity contribution >= 4 is 21.8 Å². The van der Waals surface area contributed by atoms with Crippen LogP contribution in [0.15, 0.2) is 0 Å². The molecular weight excluding hydrogens is 222 g/mol. The minimum absolute atomic E-state index is 0.177. The predicted molar refractivity (Wildman–Crippen MR) is 53.7 cm³/mol. The average Bonchev–Trinajstić information content (AvgIpc) is 2.00. The highest BCUT2D eigenvalue weighted by Gasteiger charge is 2.21. The first-order valence-corrected chi connectivity index (χ1v) is 6.22. The van der Waals surface area contributed by atoms with E-state index in [-0.39, 0.29) is 18.9 Å². The lowest BCUT2D eigenvalue weighted by Gasteiger charge is -2.16. The van der Waals surface area contributed by atoms with E-state index in [0.717, 1.165) is 10.6 Å². The summed E-state index contributed by atoms with van der Waals surface area (Å²) in [6.07, 6.45) is 0.940. The first kappa shape index (κ1) is 14.1. The van der Waals surface area contributed by atoms with Crippen molar-refractivity contribution in [2.24, 2.45) is 0 Å². The number of esters is 1. The smallest absolute Gasteiger partial charge is 0.321 e. The number of ketones is 1.